The fraction of sp³-hybridized carbons (Fsp3) is 0.667. The number of nitrogens with one attached hydrogen (secondary N) is 1. The third-order valence-corrected chi connectivity index (χ3v) is 7.69. The van der Waals surface area contributed by atoms with Gasteiger partial charge in [0.25, 0.3) is 0 Å². The summed E-state index contributed by atoms with van der Waals surface area (Å²) in [6, 6.07) is 4.03. The maximum atomic E-state index is 12.7. The number of carbonyl (C=O) groups excluding carboxylic acids is 2. The van der Waals surface area contributed by atoms with Crippen molar-refractivity contribution in [2.75, 3.05) is 18.5 Å². The van der Waals surface area contributed by atoms with Crippen LogP contribution in [-0.2, 0) is 19.1 Å². The van der Waals surface area contributed by atoms with Crippen LogP contribution < -0.4 is 5.32 Å². The number of hydrogen-bond donors (Lipinski definition) is 1. The van der Waals surface area contributed by atoms with Crippen LogP contribution in [0.1, 0.15) is 73.3 Å². The Morgan fingerprint density at radius 1 is 0.944 bits per heavy atom. The highest BCUT2D eigenvalue weighted by molar-refractivity contribution is 6.42. The van der Waals surface area contributed by atoms with Gasteiger partial charge in [-0.15, -0.1) is 0 Å². The van der Waals surface area contributed by atoms with E-state index in [0.29, 0.717) is 16.1 Å². The molecule has 198 valence electrons. The molecule has 0 spiro atoms. The van der Waals surface area contributed by atoms with Gasteiger partial charge in [-0.25, -0.2) is 4.98 Å². The molecular formula is C27H37Cl2N3O4. The normalized spacial score (nSPS) is 22.6. The van der Waals surface area contributed by atoms with E-state index >= 15 is 0 Å². The largest absolute Gasteiger partial charge is 0.465 e. The minimum Gasteiger partial charge on any atom is -0.465 e. The number of fused-ring (bicyclic) bond motifs is 1. The van der Waals surface area contributed by atoms with Crippen LogP contribution in [0, 0.1) is 22.7 Å². The standard InChI is InChI=1S/C27H37Cl2N3O4/c1-26(2,3)23(33)35-13-15-7-10-21(17(15)14-36-24(34)27(4,5)6)32-22-12-19(29)18(28)11-20(22)31-25(32)30-16-8-9-16/h11-12,15-17,21H,7-10,13-14H2,1-6H3,(H,30,31). The maximum Gasteiger partial charge on any atom is 0.311 e. The molecule has 7 nitrogen and oxygen atoms in total. The van der Waals surface area contributed by atoms with Crippen LogP contribution in [0.4, 0.5) is 5.95 Å². The van der Waals surface area contributed by atoms with Gasteiger partial charge in [-0.3, -0.25) is 9.59 Å². The number of halogens is 2. The van der Waals surface area contributed by atoms with Gasteiger partial charge in [0.15, 0.2) is 0 Å². The molecule has 0 radical (unpaired) electrons. The number of esters is 2. The third kappa shape index (κ3) is 5.94. The Labute approximate surface area is 223 Å². The number of imidazole rings is 1. The Kier molecular flexibility index (Phi) is 7.55. The van der Waals surface area contributed by atoms with Gasteiger partial charge in [-0.1, -0.05) is 23.2 Å². The van der Waals surface area contributed by atoms with E-state index in [-0.39, 0.29) is 43.0 Å². The summed E-state index contributed by atoms with van der Waals surface area (Å²) < 4.78 is 13.8. The van der Waals surface area contributed by atoms with Crippen LogP contribution in [0.3, 0.4) is 0 Å². The highest BCUT2D eigenvalue weighted by atomic mass is 35.5. The summed E-state index contributed by atoms with van der Waals surface area (Å²) in [6.45, 7) is 11.6. The molecule has 3 unspecified atom stereocenters. The van der Waals surface area contributed by atoms with Crippen LogP contribution >= 0.6 is 23.2 Å². The Hall–Kier alpha value is -1.99. The second-order valence-corrected chi connectivity index (χ2v) is 13.1. The SMILES string of the molecule is CC(C)(C)C(=O)OCC1CCC(n2c(NC3CC3)nc3cc(Cl)c(Cl)cc32)C1COC(=O)C(C)(C)C. The van der Waals surface area contributed by atoms with E-state index < -0.39 is 10.8 Å². The van der Waals surface area contributed by atoms with Crippen LogP contribution in [0.25, 0.3) is 11.0 Å². The van der Waals surface area contributed by atoms with Crippen LogP contribution in [0.2, 0.25) is 10.0 Å². The summed E-state index contributed by atoms with van der Waals surface area (Å²) >= 11 is 12.7. The van der Waals surface area contributed by atoms with Crippen molar-refractivity contribution >= 4 is 52.1 Å². The average molecular weight is 539 g/mol. The van der Waals surface area contributed by atoms with E-state index in [1.807, 2.05) is 47.6 Å². The highest BCUT2D eigenvalue weighted by Crippen LogP contribution is 2.45. The number of benzene rings is 1. The summed E-state index contributed by atoms with van der Waals surface area (Å²) in [6.07, 6.45) is 3.88. The zero-order valence-electron chi connectivity index (χ0n) is 22.0. The third-order valence-electron chi connectivity index (χ3n) is 6.97. The first-order chi connectivity index (χ1) is 16.8. The quantitative estimate of drug-likeness (QED) is 0.397. The van der Waals surface area contributed by atoms with Gasteiger partial charge in [-0.05, 0) is 79.4 Å². The lowest BCUT2D eigenvalue weighted by Gasteiger charge is -2.29. The van der Waals surface area contributed by atoms with E-state index in [9.17, 15) is 9.59 Å². The molecule has 0 amide bonds. The molecular weight excluding hydrogens is 501 g/mol. The van der Waals surface area contributed by atoms with Gasteiger partial charge >= 0.3 is 11.9 Å². The summed E-state index contributed by atoms with van der Waals surface area (Å²) in [5, 5.41) is 4.48. The molecule has 1 N–H and O–H groups in total. The van der Waals surface area contributed by atoms with Gasteiger partial charge in [0.05, 0.1) is 45.1 Å². The maximum absolute atomic E-state index is 12.7. The number of anilines is 1. The lowest BCUT2D eigenvalue weighted by atomic mass is 9.93. The van der Waals surface area contributed by atoms with E-state index in [1.165, 1.54) is 0 Å². The molecule has 2 fully saturated rings. The lowest BCUT2D eigenvalue weighted by molar-refractivity contribution is -0.158. The summed E-state index contributed by atoms with van der Waals surface area (Å²) in [5.41, 5.74) is 0.467. The molecule has 1 heterocycles. The van der Waals surface area contributed by atoms with Crippen molar-refractivity contribution in [1.82, 2.24) is 9.55 Å². The predicted octanol–water partition coefficient (Wildman–Crippen LogP) is 6.66. The average Bonchev–Trinajstić information content (AvgIpc) is 3.41. The van der Waals surface area contributed by atoms with Crippen molar-refractivity contribution in [3.8, 4) is 0 Å². The Bertz CT molecular complexity index is 1140. The van der Waals surface area contributed by atoms with Crippen molar-refractivity contribution in [1.29, 1.82) is 0 Å². The van der Waals surface area contributed by atoms with Crippen LogP contribution in [0.5, 0.6) is 0 Å². The molecule has 2 aliphatic carbocycles. The summed E-state index contributed by atoms with van der Waals surface area (Å²) in [5.74, 6) is 0.274. The molecule has 0 aliphatic heterocycles. The van der Waals surface area contributed by atoms with Crippen LogP contribution in [0.15, 0.2) is 12.1 Å². The van der Waals surface area contributed by atoms with E-state index in [0.717, 1.165) is 42.7 Å². The van der Waals surface area contributed by atoms with Crippen molar-refractivity contribution in [3.63, 3.8) is 0 Å². The van der Waals surface area contributed by atoms with E-state index in [2.05, 4.69) is 9.88 Å². The molecule has 0 saturated heterocycles. The van der Waals surface area contributed by atoms with Gasteiger partial charge in [0.1, 0.15) is 0 Å². The first kappa shape index (κ1) is 27.1. The first-order valence-electron chi connectivity index (χ1n) is 12.7. The lowest BCUT2D eigenvalue weighted by Crippen LogP contribution is -2.32. The highest BCUT2D eigenvalue weighted by Gasteiger charge is 2.42. The molecule has 1 aromatic carbocycles. The Morgan fingerprint density at radius 2 is 1.53 bits per heavy atom. The smallest absolute Gasteiger partial charge is 0.311 e. The molecule has 1 aromatic heterocycles. The molecule has 2 aliphatic rings. The van der Waals surface area contributed by atoms with Crippen molar-refractivity contribution in [2.24, 2.45) is 22.7 Å². The van der Waals surface area contributed by atoms with Crippen molar-refractivity contribution < 1.29 is 19.1 Å². The topological polar surface area (TPSA) is 82.4 Å². The minimum atomic E-state index is -0.604. The molecule has 36 heavy (non-hydrogen) atoms. The molecule has 9 heteroatoms. The van der Waals surface area contributed by atoms with Crippen LogP contribution in [-0.4, -0.2) is 40.7 Å². The monoisotopic (exact) mass is 537 g/mol. The predicted molar refractivity (Wildman–Crippen MR) is 142 cm³/mol. The zero-order valence-corrected chi connectivity index (χ0v) is 23.5. The van der Waals surface area contributed by atoms with Gasteiger partial charge in [0, 0.05) is 23.9 Å². The molecule has 0 bridgehead atoms. The Morgan fingerprint density at radius 3 is 2.11 bits per heavy atom. The first-order valence-corrected chi connectivity index (χ1v) is 13.5. The second kappa shape index (κ2) is 10.1. The fourth-order valence-electron chi connectivity index (χ4n) is 4.63. The van der Waals surface area contributed by atoms with Gasteiger partial charge in [-0.2, -0.15) is 0 Å². The molecule has 3 atom stereocenters. The minimum absolute atomic E-state index is 0.0143. The molecule has 2 saturated carbocycles. The van der Waals surface area contributed by atoms with Crippen molar-refractivity contribution in [2.45, 2.75) is 79.3 Å². The second-order valence-electron chi connectivity index (χ2n) is 12.2. The number of ether oxygens (including phenoxy) is 2. The van der Waals surface area contributed by atoms with Crippen molar-refractivity contribution in [3.05, 3.63) is 22.2 Å². The van der Waals surface area contributed by atoms with Gasteiger partial charge in [0.2, 0.25) is 5.95 Å². The number of hydrogen-bond acceptors (Lipinski definition) is 6. The number of rotatable bonds is 7. The number of carbonyl (C=O) groups is 2. The summed E-state index contributed by atoms with van der Waals surface area (Å²) in [7, 11) is 0. The Balaban J connectivity index is 1.67. The molecule has 2 aromatic rings. The van der Waals surface area contributed by atoms with E-state index in [4.69, 9.17) is 37.7 Å². The number of nitrogens with zero attached hydrogens (tertiary/aromatic N) is 2. The zero-order chi connectivity index (χ0) is 26.4. The summed E-state index contributed by atoms with van der Waals surface area (Å²) in [4.78, 5) is 30.0. The fourth-order valence-corrected chi connectivity index (χ4v) is 4.94. The van der Waals surface area contributed by atoms with Gasteiger partial charge < -0.3 is 19.4 Å². The number of aromatic nitrogens is 2. The molecule has 4 rings (SSSR count). The van der Waals surface area contributed by atoms with E-state index in [1.54, 1.807) is 6.07 Å².